The van der Waals surface area contributed by atoms with Gasteiger partial charge in [-0.3, -0.25) is 0 Å². The lowest BCUT2D eigenvalue weighted by Crippen LogP contribution is -2.27. The van der Waals surface area contributed by atoms with Crippen LogP contribution in [-0.4, -0.2) is 33.0 Å². The van der Waals surface area contributed by atoms with Crippen molar-refractivity contribution in [1.29, 1.82) is 0 Å². The summed E-state index contributed by atoms with van der Waals surface area (Å²) in [5.41, 5.74) is 1.10. The normalized spacial score (nSPS) is 14.5. The highest BCUT2D eigenvalue weighted by Crippen LogP contribution is 2.36. The Labute approximate surface area is 118 Å². The maximum Gasteiger partial charge on any atom is 0.152 e. The average molecular weight is 272 g/mol. The van der Waals surface area contributed by atoms with Gasteiger partial charge in [0.05, 0.1) is 13.2 Å². The van der Waals surface area contributed by atoms with Crippen molar-refractivity contribution in [2.75, 3.05) is 18.1 Å². The first-order valence-electron chi connectivity index (χ1n) is 7.11. The maximum atomic E-state index is 9.29. The highest BCUT2D eigenvalue weighted by molar-refractivity contribution is 5.46. The molecular weight excluding hydrogens is 252 g/mol. The summed E-state index contributed by atoms with van der Waals surface area (Å²) in [5, 5.41) is 17.8. The van der Waals surface area contributed by atoms with Crippen LogP contribution in [0, 0.1) is 6.92 Å². The Bertz CT molecular complexity index is 563. The highest BCUT2D eigenvalue weighted by atomic mass is 16.3. The van der Waals surface area contributed by atoms with Gasteiger partial charge in [0.15, 0.2) is 5.82 Å². The third kappa shape index (κ3) is 2.67. The van der Waals surface area contributed by atoms with E-state index in [1.807, 2.05) is 25.1 Å². The third-order valence-corrected chi connectivity index (χ3v) is 3.67. The minimum Gasteiger partial charge on any atom is -0.395 e. The standard InChI is InChI=1S/C15H20N4O/c1-12-16-17-15(19(12)14-7-8-14)11-18(9-10-20)13-5-3-2-4-6-13/h2-6,14,20H,7-11H2,1H3. The quantitative estimate of drug-likeness (QED) is 0.873. The van der Waals surface area contributed by atoms with E-state index in [1.165, 1.54) is 12.8 Å². The van der Waals surface area contributed by atoms with Crippen LogP contribution in [0.2, 0.25) is 0 Å². The van der Waals surface area contributed by atoms with Crippen LogP contribution in [0.1, 0.15) is 30.5 Å². The Kier molecular flexibility index (Phi) is 3.69. The molecule has 0 aliphatic heterocycles. The lowest BCUT2D eigenvalue weighted by atomic mass is 10.3. The fourth-order valence-corrected chi connectivity index (χ4v) is 2.56. The lowest BCUT2D eigenvalue weighted by Gasteiger charge is -2.23. The maximum absolute atomic E-state index is 9.29. The topological polar surface area (TPSA) is 54.2 Å². The molecule has 1 saturated carbocycles. The summed E-state index contributed by atoms with van der Waals surface area (Å²) >= 11 is 0. The zero-order valence-electron chi connectivity index (χ0n) is 11.7. The van der Waals surface area contributed by atoms with Crippen LogP contribution in [0.5, 0.6) is 0 Å². The number of hydrogen-bond acceptors (Lipinski definition) is 4. The number of aliphatic hydroxyl groups is 1. The van der Waals surface area contributed by atoms with E-state index in [0.29, 0.717) is 19.1 Å². The van der Waals surface area contributed by atoms with Crippen LogP contribution < -0.4 is 4.90 Å². The molecule has 1 N–H and O–H groups in total. The van der Waals surface area contributed by atoms with Gasteiger partial charge in [-0.1, -0.05) is 18.2 Å². The second kappa shape index (κ2) is 5.63. The SMILES string of the molecule is Cc1nnc(CN(CCO)c2ccccc2)n1C1CC1. The van der Waals surface area contributed by atoms with Gasteiger partial charge in [0.25, 0.3) is 0 Å². The lowest BCUT2D eigenvalue weighted by molar-refractivity contribution is 0.301. The van der Waals surface area contributed by atoms with Gasteiger partial charge in [-0.2, -0.15) is 0 Å². The van der Waals surface area contributed by atoms with Crippen molar-refractivity contribution in [2.24, 2.45) is 0 Å². The number of hydrogen-bond donors (Lipinski definition) is 1. The summed E-state index contributed by atoms with van der Waals surface area (Å²) in [5.74, 6) is 1.97. The van der Waals surface area contributed by atoms with Crippen molar-refractivity contribution >= 4 is 5.69 Å². The fourth-order valence-electron chi connectivity index (χ4n) is 2.56. The molecule has 20 heavy (non-hydrogen) atoms. The number of rotatable bonds is 6. The Hall–Kier alpha value is -1.88. The number of aryl methyl sites for hydroxylation is 1. The number of aromatic nitrogens is 3. The van der Waals surface area contributed by atoms with E-state index in [4.69, 9.17) is 0 Å². The second-order valence-corrected chi connectivity index (χ2v) is 5.25. The molecular formula is C15H20N4O. The number of aliphatic hydroxyl groups excluding tert-OH is 1. The van der Waals surface area contributed by atoms with E-state index in [9.17, 15) is 5.11 Å². The molecule has 0 spiro atoms. The number of benzene rings is 1. The summed E-state index contributed by atoms with van der Waals surface area (Å²) in [6, 6.07) is 10.7. The Morgan fingerprint density at radius 2 is 2.00 bits per heavy atom. The zero-order valence-corrected chi connectivity index (χ0v) is 11.7. The van der Waals surface area contributed by atoms with Crippen LogP contribution in [0.4, 0.5) is 5.69 Å². The molecule has 0 bridgehead atoms. The Morgan fingerprint density at radius 1 is 1.25 bits per heavy atom. The van der Waals surface area contributed by atoms with Gasteiger partial charge < -0.3 is 14.6 Å². The monoisotopic (exact) mass is 272 g/mol. The molecule has 106 valence electrons. The van der Waals surface area contributed by atoms with E-state index in [2.05, 4.69) is 31.8 Å². The minimum absolute atomic E-state index is 0.130. The molecule has 3 rings (SSSR count). The molecule has 0 saturated heterocycles. The summed E-state index contributed by atoms with van der Waals surface area (Å²) in [6.45, 7) is 3.42. The van der Waals surface area contributed by atoms with Crippen molar-refractivity contribution in [3.05, 3.63) is 42.0 Å². The van der Waals surface area contributed by atoms with Gasteiger partial charge in [0.1, 0.15) is 5.82 Å². The number of anilines is 1. The number of nitrogens with zero attached hydrogens (tertiary/aromatic N) is 4. The molecule has 5 nitrogen and oxygen atoms in total. The zero-order chi connectivity index (χ0) is 13.9. The van der Waals surface area contributed by atoms with Crippen molar-refractivity contribution in [3.63, 3.8) is 0 Å². The molecule has 1 aromatic heterocycles. The smallest absolute Gasteiger partial charge is 0.152 e. The van der Waals surface area contributed by atoms with Crippen molar-refractivity contribution in [2.45, 2.75) is 32.4 Å². The fraction of sp³-hybridized carbons (Fsp3) is 0.467. The molecule has 1 aliphatic rings. The summed E-state index contributed by atoms with van der Waals surface area (Å²) in [6.07, 6.45) is 2.44. The second-order valence-electron chi connectivity index (χ2n) is 5.25. The predicted octanol–water partition coefficient (Wildman–Crippen LogP) is 1.92. The predicted molar refractivity (Wildman–Crippen MR) is 77.6 cm³/mol. The Balaban J connectivity index is 1.83. The van der Waals surface area contributed by atoms with Crippen LogP contribution in [-0.2, 0) is 6.54 Å². The average Bonchev–Trinajstić information content (AvgIpc) is 3.24. The highest BCUT2D eigenvalue weighted by Gasteiger charge is 2.28. The molecule has 1 heterocycles. The van der Waals surface area contributed by atoms with Gasteiger partial charge in [0, 0.05) is 18.3 Å². The Morgan fingerprint density at radius 3 is 2.65 bits per heavy atom. The molecule has 2 aromatic rings. The molecule has 1 aromatic carbocycles. The van der Waals surface area contributed by atoms with Gasteiger partial charge in [-0.15, -0.1) is 10.2 Å². The van der Waals surface area contributed by atoms with E-state index in [0.717, 1.165) is 17.3 Å². The van der Waals surface area contributed by atoms with E-state index in [-0.39, 0.29) is 6.61 Å². The molecule has 0 amide bonds. The molecule has 1 aliphatic carbocycles. The van der Waals surface area contributed by atoms with Crippen LogP contribution in [0.25, 0.3) is 0 Å². The van der Waals surface area contributed by atoms with Gasteiger partial charge in [-0.25, -0.2) is 0 Å². The molecule has 0 atom stereocenters. The minimum atomic E-state index is 0.130. The molecule has 1 fully saturated rings. The largest absolute Gasteiger partial charge is 0.395 e. The van der Waals surface area contributed by atoms with Gasteiger partial charge in [0.2, 0.25) is 0 Å². The summed E-state index contributed by atoms with van der Waals surface area (Å²) in [4.78, 5) is 2.14. The van der Waals surface area contributed by atoms with E-state index in [1.54, 1.807) is 0 Å². The first-order valence-corrected chi connectivity index (χ1v) is 7.11. The summed E-state index contributed by atoms with van der Waals surface area (Å²) < 4.78 is 2.24. The van der Waals surface area contributed by atoms with Gasteiger partial charge in [-0.05, 0) is 31.9 Å². The van der Waals surface area contributed by atoms with Crippen LogP contribution >= 0.6 is 0 Å². The first kappa shape index (κ1) is 13.1. The van der Waals surface area contributed by atoms with Crippen molar-refractivity contribution in [1.82, 2.24) is 14.8 Å². The molecule has 0 unspecified atom stereocenters. The first-order chi connectivity index (χ1) is 9.79. The van der Waals surface area contributed by atoms with E-state index < -0.39 is 0 Å². The number of para-hydroxylation sites is 1. The molecule has 5 heteroatoms. The van der Waals surface area contributed by atoms with Crippen LogP contribution in [0.3, 0.4) is 0 Å². The van der Waals surface area contributed by atoms with E-state index >= 15 is 0 Å². The summed E-state index contributed by atoms with van der Waals surface area (Å²) in [7, 11) is 0. The van der Waals surface area contributed by atoms with Crippen LogP contribution in [0.15, 0.2) is 30.3 Å². The third-order valence-electron chi connectivity index (χ3n) is 3.67. The van der Waals surface area contributed by atoms with Crippen molar-refractivity contribution < 1.29 is 5.11 Å². The van der Waals surface area contributed by atoms with Gasteiger partial charge >= 0.3 is 0 Å². The molecule has 0 radical (unpaired) electrons. The van der Waals surface area contributed by atoms with Crippen molar-refractivity contribution in [3.8, 4) is 0 Å².